The van der Waals surface area contributed by atoms with Crippen molar-refractivity contribution in [3.05, 3.63) is 63.7 Å². The van der Waals surface area contributed by atoms with E-state index in [-0.39, 0.29) is 17.2 Å². The number of hydrogen-bond donors (Lipinski definition) is 0. The van der Waals surface area contributed by atoms with Crippen LogP contribution in [0.25, 0.3) is 0 Å². The molecule has 1 heterocycles. The third-order valence-corrected chi connectivity index (χ3v) is 4.13. The van der Waals surface area contributed by atoms with Gasteiger partial charge in [0.05, 0.1) is 4.92 Å². The minimum absolute atomic E-state index is 0.147. The van der Waals surface area contributed by atoms with Crippen LogP contribution in [0.1, 0.15) is 17.5 Å². The van der Waals surface area contributed by atoms with Gasteiger partial charge in [-0.25, -0.2) is 0 Å². The van der Waals surface area contributed by atoms with Crippen LogP contribution in [-0.4, -0.2) is 18.1 Å². The third-order valence-electron chi connectivity index (χ3n) is 4.13. The van der Waals surface area contributed by atoms with Gasteiger partial charge in [0.15, 0.2) is 0 Å². The van der Waals surface area contributed by atoms with Crippen LogP contribution >= 0.6 is 0 Å². The number of rotatable bonds is 5. The Bertz CT molecular complexity index is 795. The Hall–Kier alpha value is -3.00. The molecule has 24 heavy (non-hydrogen) atoms. The number of ether oxygens (including phenoxy) is 1. The van der Waals surface area contributed by atoms with Gasteiger partial charge in [-0.05, 0) is 30.5 Å². The van der Waals surface area contributed by atoms with Crippen LogP contribution in [0.15, 0.2) is 42.5 Å². The van der Waals surface area contributed by atoms with E-state index in [0.29, 0.717) is 6.54 Å². The van der Waals surface area contributed by atoms with E-state index in [4.69, 9.17) is 11.2 Å². The predicted octanol–water partition coefficient (Wildman–Crippen LogP) is 3.56. The largest absolute Gasteiger partial charge is 0.481 e. The topological polar surface area (TPSA) is 55.6 Å². The highest BCUT2D eigenvalue weighted by molar-refractivity contribution is 5.60. The number of hydrogen-bond acceptors (Lipinski definition) is 4. The minimum Gasteiger partial charge on any atom is -0.481 e. The molecule has 122 valence electrons. The van der Waals surface area contributed by atoms with E-state index in [1.807, 2.05) is 30.3 Å². The molecule has 0 aliphatic carbocycles. The molecule has 0 fully saturated rings. The zero-order chi connectivity index (χ0) is 16.9. The van der Waals surface area contributed by atoms with Crippen LogP contribution in [0.5, 0.6) is 5.75 Å². The first-order valence-electron chi connectivity index (χ1n) is 7.85. The van der Waals surface area contributed by atoms with Gasteiger partial charge in [0, 0.05) is 36.5 Å². The summed E-state index contributed by atoms with van der Waals surface area (Å²) >= 11 is 0. The van der Waals surface area contributed by atoms with E-state index >= 15 is 0 Å². The molecule has 5 heteroatoms. The second kappa shape index (κ2) is 7.05. The number of terminal acetylenes is 1. The standard InChI is InChI=1S/C19H18N2O3/c1-2-12-24-19-8-4-3-6-16(19)14-20-11-5-7-15-13-17(21(22)23)9-10-18(15)20/h1,3-4,6,8-10,13H,5,7,11-12,14H2. The Morgan fingerprint density at radius 1 is 1.29 bits per heavy atom. The smallest absolute Gasteiger partial charge is 0.269 e. The van der Waals surface area contributed by atoms with Gasteiger partial charge in [-0.3, -0.25) is 10.1 Å². The average molecular weight is 322 g/mol. The summed E-state index contributed by atoms with van der Waals surface area (Å²) in [5.74, 6) is 3.26. The zero-order valence-corrected chi connectivity index (χ0v) is 13.3. The SMILES string of the molecule is C#CCOc1ccccc1CN1CCCc2cc([N+](=O)[O-])ccc21. The molecule has 2 aromatic rings. The van der Waals surface area contributed by atoms with Crippen LogP contribution < -0.4 is 9.64 Å². The molecule has 0 aromatic heterocycles. The highest BCUT2D eigenvalue weighted by Crippen LogP contribution is 2.32. The quantitative estimate of drug-likeness (QED) is 0.480. The number of benzene rings is 2. The van der Waals surface area contributed by atoms with Crippen molar-refractivity contribution in [2.45, 2.75) is 19.4 Å². The van der Waals surface area contributed by atoms with Crippen LogP contribution in [-0.2, 0) is 13.0 Å². The van der Waals surface area contributed by atoms with Gasteiger partial charge in [-0.1, -0.05) is 24.1 Å². The summed E-state index contributed by atoms with van der Waals surface area (Å²) in [5, 5.41) is 11.0. The Morgan fingerprint density at radius 2 is 2.12 bits per heavy atom. The third kappa shape index (κ3) is 3.33. The number of fused-ring (bicyclic) bond motifs is 1. The molecule has 5 nitrogen and oxygen atoms in total. The van der Waals surface area contributed by atoms with Crippen molar-refractivity contribution in [2.24, 2.45) is 0 Å². The average Bonchev–Trinajstić information content (AvgIpc) is 2.60. The number of anilines is 1. The Morgan fingerprint density at radius 3 is 2.92 bits per heavy atom. The van der Waals surface area contributed by atoms with Gasteiger partial charge in [-0.15, -0.1) is 6.42 Å². The molecule has 0 amide bonds. The van der Waals surface area contributed by atoms with Crippen molar-refractivity contribution in [1.29, 1.82) is 0 Å². The molecule has 2 aromatic carbocycles. The van der Waals surface area contributed by atoms with E-state index in [0.717, 1.165) is 42.0 Å². The second-order valence-corrected chi connectivity index (χ2v) is 5.70. The minimum atomic E-state index is -0.345. The fourth-order valence-corrected chi connectivity index (χ4v) is 3.04. The first kappa shape index (κ1) is 15.9. The second-order valence-electron chi connectivity index (χ2n) is 5.70. The van der Waals surface area contributed by atoms with E-state index in [1.165, 1.54) is 0 Å². The van der Waals surface area contributed by atoms with Gasteiger partial charge in [0.2, 0.25) is 0 Å². The van der Waals surface area contributed by atoms with Crippen LogP contribution in [0.4, 0.5) is 11.4 Å². The van der Waals surface area contributed by atoms with Gasteiger partial charge in [0.25, 0.3) is 5.69 Å². The lowest BCUT2D eigenvalue weighted by molar-refractivity contribution is -0.384. The summed E-state index contributed by atoms with van der Waals surface area (Å²) < 4.78 is 5.61. The monoisotopic (exact) mass is 322 g/mol. The number of para-hydroxylation sites is 1. The van der Waals surface area contributed by atoms with Crippen molar-refractivity contribution in [3.63, 3.8) is 0 Å². The highest BCUT2D eigenvalue weighted by atomic mass is 16.6. The molecule has 0 bridgehead atoms. The van der Waals surface area contributed by atoms with Crippen molar-refractivity contribution in [1.82, 2.24) is 0 Å². The van der Waals surface area contributed by atoms with Crippen LogP contribution in [0.3, 0.4) is 0 Å². The van der Waals surface area contributed by atoms with Crippen LogP contribution in [0, 0.1) is 22.5 Å². The fraction of sp³-hybridized carbons (Fsp3) is 0.263. The molecule has 0 radical (unpaired) electrons. The van der Waals surface area contributed by atoms with Crippen molar-refractivity contribution < 1.29 is 9.66 Å². The van der Waals surface area contributed by atoms with E-state index in [9.17, 15) is 10.1 Å². The lowest BCUT2D eigenvalue weighted by Crippen LogP contribution is -2.29. The summed E-state index contributed by atoms with van der Waals surface area (Å²) in [5.41, 5.74) is 3.28. The van der Waals surface area contributed by atoms with E-state index in [2.05, 4.69) is 10.8 Å². The predicted molar refractivity (Wildman–Crippen MR) is 93.2 cm³/mol. The number of non-ortho nitro benzene ring substituents is 1. The normalized spacial score (nSPS) is 13.0. The lowest BCUT2D eigenvalue weighted by atomic mass is 10.00. The number of nitro groups is 1. The van der Waals surface area contributed by atoms with Gasteiger partial charge < -0.3 is 9.64 Å². The lowest BCUT2D eigenvalue weighted by Gasteiger charge is -2.31. The van der Waals surface area contributed by atoms with Crippen molar-refractivity contribution >= 4 is 11.4 Å². The Kier molecular flexibility index (Phi) is 4.66. The number of aryl methyl sites for hydroxylation is 1. The molecule has 0 atom stereocenters. The van der Waals surface area contributed by atoms with Gasteiger partial charge in [0.1, 0.15) is 12.4 Å². The highest BCUT2D eigenvalue weighted by Gasteiger charge is 2.20. The van der Waals surface area contributed by atoms with E-state index in [1.54, 1.807) is 12.1 Å². The summed E-state index contributed by atoms with van der Waals surface area (Å²) in [6.07, 6.45) is 7.11. The molecule has 1 aliphatic heterocycles. The molecule has 0 N–H and O–H groups in total. The maximum Gasteiger partial charge on any atom is 0.269 e. The molecule has 0 saturated heterocycles. The maximum atomic E-state index is 11.0. The van der Waals surface area contributed by atoms with E-state index < -0.39 is 0 Å². The molecule has 0 saturated carbocycles. The summed E-state index contributed by atoms with van der Waals surface area (Å²) in [4.78, 5) is 12.9. The first-order chi connectivity index (χ1) is 11.7. The molecule has 0 spiro atoms. The molecular formula is C19H18N2O3. The molecule has 1 aliphatic rings. The van der Waals surface area contributed by atoms with Gasteiger partial charge in [-0.2, -0.15) is 0 Å². The molecule has 0 unspecified atom stereocenters. The first-order valence-corrected chi connectivity index (χ1v) is 7.85. The number of nitro benzene ring substituents is 1. The fourth-order valence-electron chi connectivity index (χ4n) is 3.04. The Balaban J connectivity index is 1.86. The molecular weight excluding hydrogens is 304 g/mol. The maximum absolute atomic E-state index is 11.0. The zero-order valence-electron chi connectivity index (χ0n) is 13.3. The van der Waals surface area contributed by atoms with Crippen LogP contribution in [0.2, 0.25) is 0 Å². The van der Waals surface area contributed by atoms with Crippen molar-refractivity contribution in [2.75, 3.05) is 18.1 Å². The molecule has 3 rings (SSSR count). The summed E-state index contributed by atoms with van der Waals surface area (Å²) in [7, 11) is 0. The summed E-state index contributed by atoms with van der Waals surface area (Å²) in [6, 6.07) is 12.9. The number of nitrogens with zero attached hydrogens (tertiary/aromatic N) is 2. The Labute approximate surface area is 141 Å². The summed E-state index contributed by atoms with van der Waals surface area (Å²) in [6.45, 7) is 1.83. The van der Waals surface area contributed by atoms with Gasteiger partial charge >= 0.3 is 0 Å². The van der Waals surface area contributed by atoms with Crippen molar-refractivity contribution in [3.8, 4) is 18.1 Å².